The van der Waals surface area contributed by atoms with Crippen molar-refractivity contribution in [2.24, 2.45) is 10.4 Å². The van der Waals surface area contributed by atoms with Crippen molar-refractivity contribution in [1.82, 2.24) is 20.0 Å². The molecule has 1 saturated carbocycles. The van der Waals surface area contributed by atoms with Crippen molar-refractivity contribution >= 4 is 11.9 Å². The van der Waals surface area contributed by atoms with Gasteiger partial charge in [0.1, 0.15) is 6.54 Å². The summed E-state index contributed by atoms with van der Waals surface area (Å²) in [4.78, 5) is 23.0. The smallest absolute Gasteiger partial charge is 0.243 e. The Morgan fingerprint density at radius 3 is 2.58 bits per heavy atom. The van der Waals surface area contributed by atoms with Crippen LogP contribution in [0.5, 0.6) is 0 Å². The minimum absolute atomic E-state index is 0.0511. The zero-order valence-electron chi connectivity index (χ0n) is 16.5. The van der Waals surface area contributed by atoms with Crippen molar-refractivity contribution in [2.75, 3.05) is 73.1 Å². The summed E-state index contributed by atoms with van der Waals surface area (Å²) < 4.78 is 5.40. The van der Waals surface area contributed by atoms with Gasteiger partial charge in [-0.3, -0.25) is 9.69 Å². The Morgan fingerprint density at radius 2 is 1.96 bits per heavy atom. The highest BCUT2D eigenvalue weighted by atomic mass is 16.5. The van der Waals surface area contributed by atoms with E-state index in [4.69, 9.17) is 4.74 Å². The summed E-state index contributed by atoms with van der Waals surface area (Å²) in [6.07, 6.45) is 6.42. The number of amides is 1. The number of likely N-dealkylation sites (tertiary alicyclic amines) is 1. The molecule has 1 N–H and O–H groups in total. The van der Waals surface area contributed by atoms with Crippen LogP contribution in [0.25, 0.3) is 0 Å². The molecule has 2 saturated heterocycles. The Hall–Kier alpha value is -1.34. The van der Waals surface area contributed by atoms with Crippen LogP contribution in [0.2, 0.25) is 0 Å². The number of hydrogen-bond acceptors (Lipinski definition) is 4. The van der Waals surface area contributed by atoms with E-state index in [1.165, 1.54) is 25.7 Å². The van der Waals surface area contributed by atoms with Gasteiger partial charge >= 0.3 is 0 Å². The number of carbonyl (C=O) groups excluding carboxylic acids is 1. The van der Waals surface area contributed by atoms with Crippen LogP contribution in [0.1, 0.15) is 32.1 Å². The average Bonchev–Trinajstić information content (AvgIpc) is 3.07. The summed E-state index contributed by atoms with van der Waals surface area (Å²) in [6.45, 7) is 8.14. The molecular formula is C19H35N5O2. The van der Waals surface area contributed by atoms with Gasteiger partial charge in [0.2, 0.25) is 5.91 Å². The lowest BCUT2D eigenvalue weighted by atomic mass is 9.68. The fourth-order valence-electron chi connectivity index (χ4n) is 4.08. The molecule has 1 amide bonds. The third kappa shape index (κ3) is 5.10. The molecule has 0 atom stereocenters. The standard InChI is InChI=1S/C19H35N5O2/c1-22(2)17(25)15-21-18(24-10-7-19(16-24)5-3-6-19)20-8-4-9-23-11-13-26-14-12-23/h3-16H2,1-2H3,(H,20,21). The van der Waals surface area contributed by atoms with Gasteiger partial charge in [-0.2, -0.15) is 0 Å². The van der Waals surface area contributed by atoms with Gasteiger partial charge in [-0.15, -0.1) is 0 Å². The van der Waals surface area contributed by atoms with Gasteiger partial charge in [0.15, 0.2) is 5.96 Å². The van der Waals surface area contributed by atoms with E-state index in [2.05, 4.69) is 20.1 Å². The number of ether oxygens (including phenoxy) is 1. The fraction of sp³-hybridized carbons (Fsp3) is 0.895. The molecule has 7 nitrogen and oxygen atoms in total. The lowest BCUT2D eigenvalue weighted by molar-refractivity contribution is -0.127. The molecule has 1 spiro atoms. The Morgan fingerprint density at radius 1 is 1.19 bits per heavy atom. The molecule has 2 aliphatic heterocycles. The van der Waals surface area contributed by atoms with Crippen LogP contribution in [0, 0.1) is 5.41 Å². The number of nitrogens with one attached hydrogen (secondary N) is 1. The van der Waals surface area contributed by atoms with Crippen molar-refractivity contribution in [2.45, 2.75) is 32.1 Å². The first-order valence-electron chi connectivity index (χ1n) is 10.1. The number of hydrogen-bond donors (Lipinski definition) is 1. The number of likely N-dealkylation sites (N-methyl/N-ethyl adjacent to an activating group) is 1. The molecule has 148 valence electrons. The summed E-state index contributed by atoms with van der Waals surface area (Å²) >= 11 is 0. The van der Waals surface area contributed by atoms with E-state index in [1.807, 2.05) is 0 Å². The van der Waals surface area contributed by atoms with E-state index in [0.717, 1.165) is 64.9 Å². The molecule has 0 radical (unpaired) electrons. The van der Waals surface area contributed by atoms with Crippen molar-refractivity contribution < 1.29 is 9.53 Å². The van der Waals surface area contributed by atoms with Crippen LogP contribution in [-0.4, -0.2) is 99.7 Å². The van der Waals surface area contributed by atoms with Gasteiger partial charge in [0.25, 0.3) is 0 Å². The van der Waals surface area contributed by atoms with Gasteiger partial charge in [0, 0.05) is 46.8 Å². The molecule has 26 heavy (non-hydrogen) atoms. The predicted molar refractivity (Wildman–Crippen MR) is 103 cm³/mol. The topological polar surface area (TPSA) is 60.4 Å². The van der Waals surface area contributed by atoms with Crippen molar-refractivity contribution in [3.8, 4) is 0 Å². The highest BCUT2D eigenvalue weighted by Gasteiger charge is 2.43. The zero-order valence-corrected chi connectivity index (χ0v) is 16.5. The van der Waals surface area contributed by atoms with Gasteiger partial charge < -0.3 is 19.9 Å². The van der Waals surface area contributed by atoms with Gasteiger partial charge in [0.05, 0.1) is 13.2 Å². The molecule has 2 heterocycles. The fourth-order valence-corrected chi connectivity index (χ4v) is 4.08. The first kappa shape index (κ1) is 19.4. The average molecular weight is 366 g/mol. The van der Waals surface area contributed by atoms with E-state index in [9.17, 15) is 4.79 Å². The largest absolute Gasteiger partial charge is 0.379 e. The number of guanidine groups is 1. The molecular weight excluding hydrogens is 330 g/mol. The second-order valence-corrected chi connectivity index (χ2v) is 8.19. The minimum atomic E-state index is 0.0511. The summed E-state index contributed by atoms with van der Waals surface area (Å²) in [5.41, 5.74) is 0.530. The maximum atomic E-state index is 11.9. The van der Waals surface area contributed by atoms with Crippen molar-refractivity contribution in [1.29, 1.82) is 0 Å². The number of aliphatic imine (C=N–C) groups is 1. The Labute approximate surface area is 157 Å². The lowest BCUT2D eigenvalue weighted by Crippen LogP contribution is -2.44. The van der Waals surface area contributed by atoms with Gasteiger partial charge in [-0.1, -0.05) is 6.42 Å². The monoisotopic (exact) mass is 365 g/mol. The van der Waals surface area contributed by atoms with Crippen molar-refractivity contribution in [3.63, 3.8) is 0 Å². The summed E-state index contributed by atoms with van der Waals surface area (Å²) in [7, 11) is 3.57. The second kappa shape index (κ2) is 9.04. The first-order chi connectivity index (χ1) is 12.6. The van der Waals surface area contributed by atoms with Crippen LogP contribution in [-0.2, 0) is 9.53 Å². The van der Waals surface area contributed by atoms with Crippen molar-refractivity contribution in [3.05, 3.63) is 0 Å². The zero-order chi connectivity index (χ0) is 18.4. The predicted octanol–water partition coefficient (Wildman–Crippen LogP) is 0.619. The number of carbonyl (C=O) groups is 1. The molecule has 0 unspecified atom stereocenters. The van der Waals surface area contributed by atoms with E-state index >= 15 is 0 Å². The van der Waals surface area contributed by atoms with E-state index in [1.54, 1.807) is 19.0 Å². The quantitative estimate of drug-likeness (QED) is 0.425. The summed E-state index contributed by atoms with van der Waals surface area (Å²) in [5, 5.41) is 3.53. The first-order valence-corrected chi connectivity index (χ1v) is 10.1. The molecule has 3 aliphatic rings. The number of rotatable bonds is 6. The Kier molecular flexibility index (Phi) is 6.75. The molecule has 0 aromatic carbocycles. The van der Waals surface area contributed by atoms with E-state index < -0.39 is 0 Å². The molecule has 1 aliphatic carbocycles. The third-order valence-electron chi connectivity index (χ3n) is 6.05. The Balaban J connectivity index is 1.49. The van der Waals surface area contributed by atoms with Crippen LogP contribution in [0.15, 0.2) is 4.99 Å². The highest BCUT2D eigenvalue weighted by molar-refractivity contribution is 5.85. The molecule has 0 aromatic heterocycles. The van der Waals surface area contributed by atoms with Gasteiger partial charge in [-0.25, -0.2) is 4.99 Å². The molecule has 0 bridgehead atoms. The molecule has 3 fully saturated rings. The lowest BCUT2D eigenvalue weighted by Gasteiger charge is -2.38. The van der Waals surface area contributed by atoms with Crippen LogP contribution < -0.4 is 5.32 Å². The van der Waals surface area contributed by atoms with E-state index in [-0.39, 0.29) is 12.5 Å². The maximum absolute atomic E-state index is 11.9. The maximum Gasteiger partial charge on any atom is 0.243 e. The third-order valence-corrected chi connectivity index (χ3v) is 6.05. The van der Waals surface area contributed by atoms with Crippen LogP contribution in [0.3, 0.4) is 0 Å². The second-order valence-electron chi connectivity index (χ2n) is 8.19. The Bertz CT molecular complexity index is 498. The number of nitrogens with zero attached hydrogens (tertiary/aromatic N) is 4. The SMILES string of the molecule is CN(C)C(=O)CN=C(NCCCN1CCOCC1)N1CCC2(CCC2)C1. The normalized spacial score (nSPS) is 23.2. The van der Waals surface area contributed by atoms with Gasteiger partial charge in [-0.05, 0) is 37.6 Å². The molecule has 0 aromatic rings. The van der Waals surface area contributed by atoms with E-state index in [0.29, 0.717) is 5.41 Å². The molecule has 3 rings (SSSR count). The van der Waals surface area contributed by atoms with Crippen LogP contribution >= 0.6 is 0 Å². The summed E-state index contributed by atoms with van der Waals surface area (Å²) in [5.74, 6) is 0.973. The number of morpholine rings is 1. The highest BCUT2D eigenvalue weighted by Crippen LogP contribution is 2.47. The minimum Gasteiger partial charge on any atom is -0.379 e. The molecule has 7 heteroatoms. The van der Waals surface area contributed by atoms with Crippen LogP contribution in [0.4, 0.5) is 0 Å². The summed E-state index contributed by atoms with van der Waals surface area (Å²) in [6, 6.07) is 0.